The number of anilines is 1. The van der Waals surface area contributed by atoms with Gasteiger partial charge in [0, 0.05) is 44.1 Å². The molecule has 1 aromatic heterocycles. The van der Waals surface area contributed by atoms with Crippen molar-refractivity contribution in [3.8, 4) is 0 Å². The number of nitrogens with zero attached hydrogens (tertiary/aromatic N) is 4. The number of benzene rings is 1. The molecule has 2 atom stereocenters. The molecule has 1 aliphatic heterocycles. The highest BCUT2D eigenvalue weighted by Crippen LogP contribution is 2.31. The number of rotatable bonds is 5. The topological polar surface area (TPSA) is 98.7 Å². The van der Waals surface area contributed by atoms with E-state index < -0.39 is 27.4 Å². The quantitative estimate of drug-likeness (QED) is 0.728. The molecule has 0 bridgehead atoms. The van der Waals surface area contributed by atoms with Crippen LogP contribution in [-0.2, 0) is 16.5 Å². The lowest BCUT2D eigenvalue weighted by atomic mass is 9.87. The molecule has 0 aliphatic carbocycles. The van der Waals surface area contributed by atoms with E-state index >= 15 is 0 Å². The summed E-state index contributed by atoms with van der Waals surface area (Å²) in [6.45, 7) is 9.28. The van der Waals surface area contributed by atoms with Gasteiger partial charge in [0.1, 0.15) is 5.82 Å². The number of piperazine rings is 1. The van der Waals surface area contributed by atoms with Gasteiger partial charge in [-0.3, -0.25) is 0 Å². The van der Waals surface area contributed by atoms with Crippen molar-refractivity contribution in [1.29, 1.82) is 0 Å². The summed E-state index contributed by atoms with van der Waals surface area (Å²) < 4.78 is 29.1. The molecule has 168 valence electrons. The molecule has 1 unspecified atom stereocenters. The molecule has 0 radical (unpaired) electrons. The van der Waals surface area contributed by atoms with Crippen LogP contribution in [0.25, 0.3) is 0 Å². The van der Waals surface area contributed by atoms with E-state index in [9.17, 15) is 13.4 Å². The highest BCUT2D eigenvalue weighted by atomic mass is 32.2. The Morgan fingerprint density at radius 1 is 1.03 bits per heavy atom. The first-order valence-electron chi connectivity index (χ1n) is 10.0. The Kier molecular flexibility index (Phi) is 6.61. The van der Waals surface area contributed by atoms with Gasteiger partial charge in [0.2, 0.25) is 5.95 Å². The van der Waals surface area contributed by atoms with Gasteiger partial charge >= 0.3 is 6.09 Å². The van der Waals surface area contributed by atoms with Crippen LogP contribution in [0.1, 0.15) is 38.8 Å². The molecule has 2 aromatic rings. The number of halogens is 1. The second kappa shape index (κ2) is 8.88. The fourth-order valence-corrected chi connectivity index (χ4v) is 4.16. The molecule has 2 heterocycles. The third-order valence-corrected chi connectivity index (χ3v) is 7.03. The number of hydrogen-bond donors (Lipinski definition) is 2. The van der Waals surface area contributed by atoms with Gasteiger partial charge in [0.25, 0.3) is 0 Å². The van der Waals surface area contributed by atoms with E-state index in [1.807, 2.05) is 32.6 Å². The molecule has 1 fully saturated rings. The lowest BCUT2D eigenvalue weighted by molar-refractivity contribution is 0.142. The second-order valence-electron chi connectivity index (χ2n) is 8.64. The Hall–Kier alpha value is -2.59. The Balaban J connectivity index is 1.88. The van der Waals surface area contributed by atoms with Gasteiger partial charge in [-0.05, 0) is 45.4 Å². The lowest BCUT2D eigenvalue weighted by Crippen LogP contribution is -2.49. The molecule has 0 spiro atoms. The van der Waals surface area contributed by atoms with E-state index in [-0.39, 0.29) is 5.82 Å². The van der Waals surface area contributed by atoms with E-state index in [0.717, 1.165) is 5.56 Å². The van der Waals surface area contributed by atoms with E-state index in [1.54, 1.807) is 24.5 Å². The average Bonchev–Trinajstić information content (AvgIpc) is 2.73. The fourth-order valence-electron chi connectivity index (χ4n) is 3.25. The summed E-state index contributed by atoms with van der Waals surface area (Å²) in [7, 11) is -1.40. The monoisotopic (exact) mass is 449 g/mol. The normalized spacial score (nSPS) is 17.8. The maximum absolute atomic E-state index is 13.5. The van der Waals surface area contributed by atoms with Crippen molar-refractivity contribution in [2.45, 2.75) is 38.0 Å². The third kappa shape index (κ3) is 5.19. The number of hydrogen-bond acceptors (Lipinski definition) is 5. The van der Waals surface area contributed by atoms with E-state index in [4.69, 9.17) is 5.11 Å². The number of aromatic nitrogens is 2. The molecule has 2 N–H and O–H groups in total. The molecule has 10 heteroatoms. The summed E-state index contributed by atoms with van der Waals surface area (Å²) in [4.78, 5) is 23.4. The minimum Gasteiger partial charge on any atom is -0.465 e. The smallest absolute Gasteiger partial charge is 0.407 e. The predicted molar refractivity (Wildman–Crippen MR) is 118 cm³/mol. The first-order chi connectivity index (χ1) is 14.5. The Morgan fingerprint density at radius 3 is 2.06 bits per heavy atom. The van der Waals surface area contributed by atoms with Gasteiger partial charge in [0.15, 0.2) is 0 Å². The second-order valence-corrected chi connectivity index (χ2v) is 10.6. The molecular formula is C21H28FN5O3S. The van der Waals surface area contributed by atoms with Crippen molar-refractivity contribution in [2.75, 3.05) is 31.1 Å². The molecule has 1 amide bonds. The Morgan fingerprint density at radius 2 is 1.58 bits per heavy atom. The van der Waals surface area contributed by atoms with Crippen molar-refractivity contribution in [2.24, 2.45) is 0 Å². The highest BCUT2D eigenvalue weighted by Gasteiger charge is 2.35. The van der Waals surface area contributed by atoms with Crippen molar-refractivity contribution in [1.82, 2.24) is 19.6 Å². The molecule has 8 nitrogen and oxygen atoms in total. The van der Waals surface area contributed by atoms with E-state index in [2.05, 4.69) is 14.7 Å². The van der Waals surface area contributed by atoms with E-state index in [1.165, 1.54) is 17.0 Å². The largest absolute Gasteiger partial charge is 0.465 e. The van der Waals surface area contributed by atoms with Crippen LogP contribution in [0, 0.1) is 5.82 Å². The summed E-state index contributed by atoms with van der Waals surface area (Å²) in [6, 6.07) is 6.04. The Bertz CT molecular complexity index is 941. The average molecular weight is 450 g/mol. The van der Waals surface area contributed by atoms with Crippen LogP contribution in [0.3, 0.4) is 0 Å². The first-order valence-corrected chi connectivity index (χ1v) is 11.2. The standard InChI is InChI=1S/C21H28FN5O3S/c1-20(2,3)31(30)25-21(4,15-5-7-17(22)8-6-15)16-13-23-18(24-14-16)26-9-11-27(12-10-26)19(28)29/h5-8,13-14,25H,9-12H2,1-4H3,(H,28,29)/t21-,31?/m0/s1. The van der Waals surface area contributed by atoms with Crippen LogP contribution >= 0.6 is 0 Å². The molecule has 1 saturated heterocycles. The minimum absolute atomic E-state index is 0.352. The van der Waals surface area contributed by atoms with Crippen molar-refractivity contribution < 1.29 is 18.5 Å². The number of amides is 1. The molecule has 31 heavy (non-hydrogen) atoms. The minimum atomic E-state index is -1.40. The van der Waals surface area contributed by atoms with Crippen LogP contribution in [0.4, 0.5) is 15.1 Å². The van der Waals surface area contributed by atoms with Crippen molar-refractivity contribution >= 4 is 23.0 Å². The van der Waals surface area contributed by atoms with Crippen LogP contribution in [-0.4, -0.2) is 61.2 Å². The zero-order chi connectivity index (χ0) is 22.8. The van der Waals surface area contributed by atoms with E-state index in [0.29, 0.717) is 37.7 Å². The third-order valence-electron chi connectivity index (χ3n) is 5.32. The summed E-state index contributed by atoms with van der Waals surface area (Å²) in [5.74, 6) is 0.155. The lowest BCUT2D eigenvalue weighted by Gasteiger charge is -2.35. The van der Waals surface area contributed by atoms with Gasteiger partial charge in [-0.25, -0.2) is 28.1 Å². The Labute approximate surface area is 184 Å². The van der Waals surface area contributed by atoms with Crippen molar-refractivity contribution in [3.05, 3.63) is 53.6 Å². The van der Waals surface area contributed by atoms with Gasteiger partial charge in [0.05, 0.1) is 21.3 Å². The number of carbonyl (C=O) groups is 1. The van der Waals surface area contributed by atoms with Crippen LogP contribution in [0.15, 0.2) is 36.7 Å². The first kappa shape index (κ1) is 23.1. The predicted octanol–water partition coefficient (Wildman–Crippen LogP) is 2.73. The molecule has 0 saturated carbocycles. The summed E-state index contributed by atoms with van der Waals surface area (Å²) in [5.41, 5.74) is 0.509. The zero-order valence-corrected chi connectivity index (χ0v) is 18.9. The van der Waals surface area contributed by atoms with Crippen molar-refractivity contribution in [3.63, 3.8) is 0 Å². The zero-order valence-electron chi connectivity index (χ0n) is 18.1. The van der Waals surface area contributed by atoms with Gasteiger partial charge in [-0.2, -0.15) is 0 Å². The number of nitrogens with one attached hydrogen (secondary N) is 1. The van der Waals surface area contributed by atoms with Crippen LogP contribution < -0.4 is 9.62 Å². The summed E-state index contributed by atoms with van der Waals surface area (Å²) >= 11 is 0. The molecule has 3 rings (SSSR count). The summed E-state index contributed by atoms with van der Waals surface area (Å²) in [5, 5.41) is 9.10. The van der Waals surface area contributed by atoms with Gasteiger partial charge in [-0.1, -0.05) is 12.1 Å². The molecular weight excluding hydrogens is 421 g/mol. The maximum atomic E-state index is 13.5. The molecule has 1 aliphatic rings. The summed E-state index contributed by atoms with van der Waals surface area (Å²) in [6.07, 6.45) is 2.41. The fraction of sp³-hybridized carbons (Fsp3) is 0.476. The molecule has 1 aromatic carbocycles. The maximum Gasteiger partial charge on any atom is 0.407 e. The van der Waals surface area contributed by atoms with Crippen LogP contribution in [0.2, 0.25) is 0 Å². The number of carboxylic acid groups (broad SMARTS) is 1. The SMILES string of the molecule is CC(C)(C)S(=O)N[C@@](C)(c1ccc(F)cc1)c1cnc(N2CCN(C(=O)O)CC2)nc1. The van der Waals surface area contributed by atoms with Gasteiger partial charge in [-0.15, -0.1) is 0 Å². The van der Waals surface area contributed by atoms with Crippen LogP contribution in [0.5, 0.6) is 0 Å². The highest BCUT2D eigenvalue weighted by molar-refractivity contribution is 7.84. The van der Waals surface area contributed by atoms with Gasteiger partial charge < -0.3 is 14.9 Å².